The third-order valence-corrected chi connectivity index (χ3v) is 7.25. The lowest BCUT2D eigenvalue weighted by Gasteiger charge is -2.33. The van der Waals surface area contributed by atoms with Crippen molar-refractivity contribution in [2.45, 2.75) is 32.4 Å². The fourth-order valence-electron chi connectivity index (χ4n) is 4.14. The Balaban J connectivity index is 2.05. The maximum Gasteiger partial charge on any atom is 0.244 e. The average Bonchev–Trinajstić information content (AvgIpc) is 2.93. The van der Waals surface area contributed by atoms with Crippen LogP contribution < -0.4 is 14.4 Å². The van der Waals surface area contributed by atoms with Crippen LogP contribution in [0.4, 0.5) is 10.1 Å². The Bertz CT molecular complexity index is 1350. The normalized spacial score (nSPS) is 11.9. The minimum Gasteiger partial charge on any atom is -0.495 e. The van der Waals surface area contributed by atoms with Crippen LogP contribution in [0.15, 0.2) is 78.9 Å². The number of nitrogens with one attached hydrogen (secondary N) is 1. The zero-order valence-electron chi connectivity index (χ0n) is 22.3. The number of anilines is 1. The van der Waals surface area contributed by atoms with Crippen molar-refractivity contribution >= 4 is 27.5 Å². The summed E-state index contributed by atoms with van der Waals surface area (Å²) < 4.78 is 45.7. The van der Waals surface area contributed by atoms with Gasteiger partial charge >= 0.3 is 0 Å². The summed E-state index contributed by atoms with van der Waals surface area (Å²) >= 11 is 0. The number of halogens is 1. The van der Waals surface area contributed by atoms with Crippen LogP contribution in [0.5, 0.6) is 5.75 Å². The van der Waals surface area contributed by atoms with Gasteiger partial charge < -0.3 is 15.0 Å². The highest BCUT2D eigenvalue weighted by atomic mass is 32.2. The lowest BCUT2D eigenvalue weighted by molar-refractivity contribution is -0.140. The minimum absolute atomic E-state index is 0.0281. The van der Waals surface area contributed by atoms with Crippen molar-refractivity contribution in [2.24, 2.45) is 0 Å². The number of carbonyl (C=O) groups is 2. The van der Waals surface area contributed by atoms with Crippen molar-refractivity contribution in [2.75, 3.05) is 30.8 Å². The first-order valence-corrected chi connectivity index (χ1v) is 14.4. The van der Waals surface area contributed by atoms with Crippen LogP contribution in [0, 0.1) is 5.82 Å². The number of rotatable bonds is 13. The summed E-state index contributed by atoms with van der Waals surface area (Å²) in [5.41, 5.74) is 1.62. The third kappa shape index (κ3) is 8.28. The molecule has 8 nitrogen and oxygen atoms in total. The monoisotopic (exact) mass is 555 g/mol. The summed E-state index contributed by atoms with van der Waals surface area (Å²) in [5.74, 6) is -1.11. The number of ether oxygens (including phenoxy) is 1. The van der Waals surface area contributed by atoms with Crippen LogP contribution in [0.2, 0.25) is 0 Å². The average molecular weight is 556 g/mol. The van der Waals surface area contributed by atoms with E-state index in [2.05, 4.69) is 5.32 Å². The van der Waals surface area contributed by atoms with Gasteiger partial charge in [0.2, 0.25) is 21.8 Å². The van der Waals surface area contributed by atoms with E-state index in [9.17, 15) is 22.4 Å². The number of benzene rings is 3. The lowest BCUT2D eigenvalue weighted by Crippen LogP contribution is -2.53. The molecule has 0 aliphatic rings. The topological polar surface area (TPSA) is 96.0 Å². The van der Waals surface area contributed by atoms with E-state index in [1.54, 1.807) is 24.3 Å². The summed E-state index contributed by atoms with van der Waals surface area (Å²) in [6.07, 6.45) is 1.91. The van der Waals surface area contributed by atoms with Crippen molar-refractivity contribution in [1.82, 2.24) is 10.2 Å². The molecule has 0 heterocycles. The number of amides is 2. The van der Waals surface area contributed by atoms with E-state index >= 15 is 0 Å². The molecule has 3 rings (SSSR count). The molecule has 1 unspecified atom stereocenters. The number of carbonyl (C=O) groups excluding carboxylic acids is 2. The van der Waals surface area contributed by atoms with E-state index in [0.29, 0.717) is 18.5 Å². The Kier molecular flexibility index (Phi) is 10.4. The maximum atomic E-state index is 14.0. The molecule has 1 atom stereocenters. The second kappa shape index (κ2) is 13.7. The maximum absolute atomic E-state index is 14.0. The number of methoxy groups -OCH3 is 1. The van der Waals surface area contributed by atoms with Gasteiger partial charge in [-0.1, -0.05) is 61.5 Å². The van der Waals surface area contributed by atoms with Gasteiger partial charge in [0.25, 0.3) is 0 Å². The number of hydrogen-bond donors (Lipinski definition) is 1. The molecule has 2 amide bonds. The Morgan fingerprint density at radius 3 is 2.21 bits per heavy atom. The molecule has 0 fully saturated rings. The van der Waals surface area contributed by atoms with Crippen LogP contribution in [0.1, 0.15) is 24.5 Å². The van der Waals surface area contributed by atoms with Gasteiger partial charge in [0.1, 0.15) is 24.2 Å². The molecule has 0 bridgehead atoms. The molecule has 3 aromatic carbocycles. The molecule has 10 heteroatoms. The molecular formula is C29H34FN3O5S. The van der Waals surface area contributed by atoms with Gasteiger partial charge in [0, 0.05) is 19.5 Å². The molecular weight excluding hydrogens is 521 g/mol. The summed E-state index contributed by atoms with van der Waals surface area (Å²) in [4.78, 5) is 28.8. The zero-order chi connectivity index (χ0) is 28.4. The van der Waals surface area contributed by atoms with Crippen LogP contribution in [0.25, 0.3) is 0 Å². The highest BCUT2D eigenvalue weighted by Gasteiger charge is 2.33. The van der Waals surface area contributed by atoms with E-state index in [4.69, 9.17) is 4.74 Å². The first-order valence-electron chi connectivity index (χ1n) is 12.6. The summed E-state index contributed by atoms with van der Waals surface area (Å²) in [5, 5.41) is 2.87. The molecule has 0 aliphatic heterocycles. The summed E-state index contributed by atoms with van der Waals surface area (Å²) in [6.45, 7) is 1.75. The standard InChI is InChI=1S/C29H34FN3O5S/c1-4-18-31-29(35)26(19-22-10-6-5-7-11-22)32(20-23-14-16-24(30)17-15-23)28(34)21-33(39(3,36)37)25-12-8-9-13-27(25)38-2/h5-17,26H,4,18-21H2,1-3H3,(H,31,35). The number of para-hydroxylation sites is 2. The Morgan fingerprint density at radius 2 is 1.59 bits per heavy atom. The van der Waals surface area contributed by atoms with Crippen molar-refractivity contribution < 1.29 is 27.1 Å². The fourth-order valence-corrected chi connectivity index (χ4v) is 4.99. The van der Waals surface area contributed by atoms with Crippen LogP contribution in [-0.2, 0) is 32.6 Å². The number of nitrogens with zero attached hydrogens (tertiary/aromatic N) is 2. The van der Waals surface area contributed by atoms with Gasteiger partial charge in [0.15, 0.2) is 0 Å². The van der Waals surface area contributed by atoms with Gasteiger partial charge in [0.05, 0.1) is 19.1 Å². The second-order valence-electron chi connectivity index (χ2n) is 9.09. The number of sulfonamides is 1. The van der Waals surface area contributed by atoms with E-state index in [-0.39, 0.29) is 30.3 Å². The first kappa shape index (κ1) is 29.6. The molecule has 0 radical (unpaired) electrons. The van der Waals surface area contributed by atoms with Crippen LogP contribution in [-0.4, -0.2) is 57.6 Å². The van der Waals surface area contributed by atoms with Gasteiger partial charge in [-0.05, 0) is 41.8 Å². The van der Waals surface area contributed by atoms with Gasteiger partial charge in [-0.25, -0.2) is 12.8 Å². The van der Waals surface area contributed by atoms with Crippen LogP contribution >= 0.6 is 0 Å². The van der Waals surface area contributed by atoms with Crippen molar-refractivity contribution in [3.8, 4) is 5.75 Å². The smallest absolute Gasteiger partial charge is 0.244 e. The van der Waals surface area contributed by atoms with Crippen molar-refractivity contribution in [3.05, 3.63) is 95.8 Å². The molecule has 0 saturated carbocycles. The fraction of sp³-hybridized carbons (Fsp3) is 0.310. The predicted octanol–water partition coefficient (Wildman–Crippen LogP) is 3.77. The van der Waals surface area contributed by atoms with Gasteiger partial charge in [-0.2, -0.15) is 0 Å². The third-order valence-electron chi connectivity index (χ3n) is 6.12. The molecule has 1 N–H and O–H groups in total. The minimum atomic E-state index is -3.92. The van der Waals surface area contributed by atoms with Gasteiger partial charge in [-0.3, -0.25) is 13.9 Å². The Hall–Kier alpha value is -3.92. The first-order chi connectivity index (χ1) is 18.6. The predicted molar refractivity (Wildman–Crippen MR) is 149 cm³/mol. The zero-order valence-corrected chi connectivity index (χ0v) is 23.2. The summed E-state index contributed by atoms with van der Waals surface area (Å²) in [6, 6.07) is 20.4. The Labute approximate surface area is 229 Å². The molecule has 0 aromatic heterocycles. The molecule has 3 aromatic rings. The molecule has 39 heavy (non-hydrogen) atoms. The van der Waals surface area contributed by atoms with Crippen LogP contribution in [0.3, 0.4) is 0 Å². The molecule has 0 aliphatic carbocycles. The largest absolute Gasteiger partial charge is 0.495 e. The van der Waals surface area contributed by atoms with E-state index in [1.165, 1.54) is 36.3 Å². The Morgan fingerprint density at radius 1 is 0.949 bits per heavy atom. The quantitative estimate of drug-likeness (QED) is 0.347. The van der Waals surface area contributed by atoms with E-state index in [1.807, 2.05) is 37.3 Å². The molecule has 0 saturated heterocycles. The van der Waals surface area contributed by atoms with Gasteiger partial charge in [-0.15, -0.1) is 0 Å². The highest BCUT2D eigenvalue weighted by Crippen LogP contribution is 2.30. The van der Waals surface area contributed by atoms with Crippen molar-refractivity contribution in [3.63, 3.8) is 0 Å². The van der Waals surface area contributed by atoms with Crippen molar-refractivity contribution in [1.29, 1.82) is 0 Å². The lowest BCUT2D eigenvalue weighted by atomic mass is 10.0. The molecule has 208 valence electrons. The highest BCUT2D eigenvalue weighted by molar-refractivity contribution is 7.92. The molecule has 0 spiro atoms. The van der Waals surface area contributed by atoms with E-state index < -0.39 is 34.3 Å². The summed E-state index contributed by atoms with van der Waals surface area (Å²) in [7, 11) is -2.51. The SMILES string of the molecule is CCCNC(=O)C(Cc1ccccc1)N(Cc1ccc(F)cc1)C(=O)CN(c1ccccc1OC)S(C)(=O)=O. The van der Waals surface area contributed by atoms with E-state index in [0.717, 1.165) is 16.1 Å². The number of hydrogen-bond acceptors (Lipinski definition) is 5. The second-order valence-corrected chi connectivity index (χ2v) is 11.0.